The molecule has 0 atom stereocenters. The van der Waals surface area contributed by atoms with E-state index in [4.69, 9.17) is 4.74 Å². The molecule has 0 fully saturated rings. The first-order valence-corrected chi connectivity index (χ1v) is 9.57. The van der Waals surface area contributed by atoms with E-state index < -0.39 is 0 Å². The van der Waals surface area contributed by atoms with Crippen LogP contribution in [0.2, 0.25) is 0 Å². The van der Waals surface area contributed by atoms with Crippen LogP contribution in [0.25, 0.3) is 16.9 Å². The lowest BCUT2D eigenvalue weighted by Gasteiger charge is -2.09. The van der Waals surface area contributed by atoms with Crippen LogP contribution in [0.4, 0.5) is 0 Å². The first-order valence-electron chi connectivity index (χ1n) is 9.57. The molecule has 4 aromatic rings. The second-order valence-electron chi connectivity index (χ2n) is 7.45. The number of imidazole rings is 2. The van der Waals surface area contributed by atoms with Crippen molar-refractivity contribution in [3.63, 3.8) is 0 Å². The quantitative estimate of drug-likeness (QED) is 0.516. The van der Waals surface area contributed by atoms with Crippen LogP contribution >= 0.6 is 0 Å². The lowest BCUT2D eigenvalue weighted by atomic mass is 10.1. The first-order chi connectivity index (χ1) is 13.8. The molecular weight excluding hydrogens is 370 g/mol. The maximum absolute atomic E-state index is 13.4. The predicted molar refractivity (Wildman–Crippen MR) is 112 cm³/mol. The first kappa shape index (κ1) is 19.2. The van der Waals surface area contributed by atoms with Gasteiger partial charge in [0, 0.05) is 32.1 Å². The fourth-order valence-corrected chi connectivity index (χ4v) is 3.78. The van der Waals surface area contributed by atoms with Crippen molar-refractivity contribution >= 4 is 16.9 Å². The van der Waals surface area contributed by atoms with Crippen molar-refractivity contribution in [3.8, 4) is 0 Å². The molecule has 0 amide bonds. The summed E-state index contributed by atoms with van der Waals surface area (Å²) in [7, 11) is 3.31. The lowest BCUT2D eigenvalue weighted by Crippen LogP contribution is -2.39. The molecule has 152 valence electrons. The highest BCUT2D eigenvalue weighted by Gasteiger charge is 2.22. The highest BCUT2D eigenvalue weighted by Crippen LogP contribution is 2.20. The van der Waals surface area contributed by atoms with Gasteiger partial charge in [-0.3, -0.25) is 18.3 Å². The van der Waals surface area contributed by atoms with Gasteiger partial charge in [0.05, 0.1) is 13.2 Å². The zero-order valence-corrected chi connectivity index (χ0v) is 17.4. The number of ether oxygens (including phenoxy) is 1. The fourth-order valence-electron chi connectivity index (χ4n) is 3.78. The zero-order valence-electron chi connectivity index (χ0n) is 17.4. The van der Waals surface area contributed by atoms with Crippen LogP contribution in [0.15, 0.2) is 33.9 Å². The standard InChI is InChI=1S/C21H25N5O3/c1-13-6-8-16(9-7-13)12-25-19(27)17-18(23(4)21(25)28)22-20-24(10-11-29-5)14(2)15(3)26(17)20/h6-9H,10-12H2,1-5H3. The summed E-state index contributed by atoms with van der Waals surface area (Å²) in [5.41, 5.74) is 4.09. The van der Waals surface area contributed by atoms with Crippen LogP contribution in [-0.4, -0.2) is 36.8 Å². The second-order valence-corrected chi connectivity index (χ2v) is 7.45. The summed E-state index contributed by atoms with van der Waals surface area (Å²) in [6.07, 6.45) is 0. The zero-order chi connectivity index (χ0) is 20.9. The maximum atomic E-state index is 13.4. The number of aryl methyl sites for hydroxylation is 3. The van der Waals surface area contributed by atoms with Gasteiger partial charge >= 0.3 is 5.69 Å². The van der Waals surface area contributed by atoms with Crippen LogP contribution in [-0.2, 0) is 24.9 Å². The molecule has 29 heavy (non-hydrogen) atoms. The molecule has 3 aromatic heterocycles. The summed E-state index contributed by atoms with van der Waals surface area (Å²) < 4.78 is 11.8. The van der Waals surface area contributed by atoms with E-state index in [9.17, 15) is 9.59 Å². The average Bonchev–Trinajstić information content (AvgIpc) is 3.20. The Labute approximate surface area is 167 Å². The number of rotatable bonds is 5. The highest BCUT2D eigenvalue weighted by molar-refractivity contribution is 5.76. The molecule has 0 aliphatic carbocycles. The molecule has 0 saturated heterocycles. The Morgan fingerprint density at radius 2 is 1.69 bits per heavy atom. The van der Waals surface area contributed by atoms with Gasteiger partial charge in [0.2, 0.25) is 5.78 Å². The number of hydrogen-bond donors (Lipinski definition) is 0. The molecule has 0 aliphatic heterocycles. The van der Waals surface area contributed by atoms with Crippen LogP contribution in [0.5, 0.6) is 0 Å². The second kappa shape index (κ2) is 7.04. The SMILES string of the molecule is COCCn1c(C)c(C)n2c3c(=O)n(Cc4ccc(C)cc4)c(=O)n(C)c3nc12. The third-order valence-electron chi connectivity index (χ3n) is 5.61. The number of fused-ring (bicyclic) bond motifs is 3. The molecule has 0 saturated carbocycles. The molecule has 4 rings (SSSR count). The van der Waals surface area contributed by atoms with E-state index in [1.54, 1.807) is 14.2 Å². The Morgan fingerprint density at radius 1 is 1.00 bits per heavy atom. The van der Waals surface area contributed by atoms with Crippen LogP contribution in [0.3, 0.4) is 0 Å². The molecule has 0 unspecified atom stereocenters. The summed E-state index contributed by atoms with van der Waals surface area (Å²) in [6.45, 7) is 7.33. The predicted octanol–water partition coefficient (Wildman–Crippen LogP) is 1.77. The van der Waals surface area contributed by atoms with E-state index >= 15 is 0 Å². The van der Waals surface area contributed by atoms with E-state index in [1.165, 1.54) is 9.13 Å². The van der Waals surface area contributed by atoms with Gasteiger partial charge in [-0.1, -0.05) is 29.8 Å². The van der Waals surface area contributed by atoms with E-state index in [-0.39, 0.29) is 17.8 Å². The number of hydrogen-bond acceptors (Lipinski definition) is 4. The van der Waals surface area contributed by atoms with Crippen molar-refractivity contribution in [2.45, 2.75) is 33.9 Å². The monoisotopic (exact) mass is 395 g/mol. The Morgan fingerprint density at radius 3 is 2.34 bits per heavy atom. The average molecular weight is 395 g/mol. The van der Waals surface area contributed by atoms with Crippen LogP contribution in [0, 0.1) is 20.8 Å². The van der Waals surface area contributed by atoms with Crippen molar-refractivity contribution in [1.82, 2.24) is 23.1 Å². The van der Waals surface area contributed by atoms with Crippen molar-refractivity contribution in [1.29, 1.82) is 0 Å². The topological polar surface area (TPSA) is 75.5 Å². The van der Waals surface area contributed by atoms with Gasteiger partial charge in [0.25, 0.3) is 5.56 Å². The van der Waals surface area contributed by atoms with E-state index in [0.29, 0.717) is 30.1 Å². The van der Waals surface area contributed by atoms with Crippen LogP contribution in [0.1, 0.15) is 22.5 Å². The number of aromatic nitrogens is 5. The summed E-state index contributed by atoms with van der Waals surface area (Å²) in [4.78, 5) is 31.0. The molecule has 0 spiro atoms. The number of methoxy groups -OCH3 is 1. The molecule has 0 radical (unpaired) electrons. The number of nitrogens with zero attached hydrogens (tertiary/aromatic N) is 5. The summed E-state index contributed by atoms with van der Waals surface area (Å²) in [5.74, 6) is 0.646. The van der Waals surface area contributed by atoms with Crippen molar-refractivity contribution < 1.29 is 4.74 Å². The summed E-state index contributed by atoms with van der Waals surface area (Å²) in [6, 6.07) is 7.83. The van der Waals surface area contributed by atoms with Gasteiger partial charge in [-0.25, -0.2) is 4.79 Å². The Bertz CT molecular complexity index is 1340. The third-order valence-corrected chi connectivity index (χ3v) is 5.61. The van der Waals surface area contributed by atoms with Crippen molar-refractivity contribution in [2.24, 2.45) is 7.05 Å². The van der Waals surface area contributed by atoms with Gasteiger partial charge in [-0.15, -0.1) is 0 Å². The summed E-state index contributed by atoms with van der Waals surface area (Å²) in [5, 5.41) is 0. The normalized spacial score (nSPS) is 11.8. The smallest absolute Gasteiger partial charge is 0.332 e. The van der Waals surface area contributed by atoms with Gasteiger partial charge in [-0.2, -0.15) is 4.98 Å². The minimum atomic E-state index is -0.373. The maximum Gasteiger partial charge on any atom is 0.332 e. The molecule has 1 aromatic carbocycles. The van der Waals surface area contributed by atoms with Gasteiger partial charge in [0.1, 0.15) is 0 Å². The van der Waals surface area contributed by atoms with Gasteiger partial charge < -0.3 is 9.30 Å². The Balaban J connectivity index is 2.00. The number of benzene rings is 1. The molecule has 0 N–H and O–H groups in total. The molecule has 8 nitrogen and oxygen atoms in total. The van der Waals surface area contributed by atoms with Crippen molar-refractivity contribution in [3.05, 3.63) is 67.6 Å². The highest BCUT2D eigenvalue weighted by atomic mass is 16.5. The molecule has 0 bridgehead atoms. The van der Waals surface area contributed by atoms with Crippen LogP contribution < -0.4 is 11.2 Å². The molecular formula is C21H25N5O3. The fraction of sp³-hybridized carbons (Fsp3) is 0.381. The van der Waals surface area contributed by atoms with Crippen molar-refractivity contribution in [2.75, 3.05) is 13.7 Å². The minimum Gasteiger partial charge on any atom is -0.383 e. The van der Waals surface area contributed by atoms with E-state index in [0.717, 1.165) is 22.5 Å². The lowest BCUT2D eigenvalue weighted by molar-refractivity contribution is 0.187. The molecule has 3 heterocycles. The minimum absolute atomic E-state index is 0.220. The Kier molecular flexibility index (Phi) is 4.66. The summed E-state index contributed by atoms with van der Waals surface area (Å²) >= 11 is 0. The third kappa shape index (κ3) is 2.91. The largest absolute Gasteiger partial charge is 0.383 e. The van der Waals surface area contributed by atoms with Gasteiger partial charge in [0.15, 0.2) is 11.2 Å². The molecule has 8 heteroatoms. The van der Waals surface area contributed by atoms with E-state index in [1.807, 2.05) is 54.0 Å². The molecule has 0 aliphatic rings. The Hall–Kier alpha value is -3.13. The van der Waals surface area contributed by atoms with Gasteiger partial charge in [-0.05, 0) is 26.3 Å². The van der Waals surface area contributed by atoms with E-state index in [2.05, 4.69) is 4.98 Å².